The van der Waals surface area contributed by atoms with Gasteiger partial charge in [0.25, 0.3) is 0 Å². The van der Waals surface area contributed by atoms with Gasteiger partial charge in [-0.2, -0.15) is 0 Å². The Balaban J connectivity index is 2.03. The number of phenolic OH excluding ortho intramolecular Hbond substituents is 1. The van der Waals surface area contributed by atoms with Crippen LogP contribution in [0.25, 0.3) is 0 Å². The van der Waals surface area contributed by atoms with E-state index in [9.17, 15) is 5.11 Å². The van der Waals surface area contributed by atoms with Crippen molar-refractivity contribution in [3.8, 4) is 5.75 Å². The summed E-state index contributed by atoms with van der Waals surface area (Å²) in [7, 11) is 2.04. The number of benzene rings is 1. The number of hydrogen-bond donors (Lipinski definition) is 2. The second-order valence-electron chi connectivity index (χ2n) is 4.87. The lowest BCUT2D eigenvalue weighted by molar-refractivity contribution is 0.376. The number of nitrogens with one attached hydrogen (secondary N) is 1. The molecule has 0 bridgehead atoms. The first-order valence-electron chi connectivity index (χ1n) is 5.59. The molecule has 15 heavy (non-hydrogen) atoms. The molecule has 1 aromatic carbocycles. The number of rotatable bonds is 4. The van der Waals surface area contributed by atoms with Crippen molar-refractivity contribution in [2.24, 2.45) is 5.41 Å². The molecule has 0 aromatic heterocycles. The van der Waals surface area contributed by atoms with E-state index in [1.165, 1.54) is 18.4 Å². The lowest BCUT2D eigenvalue weighted by Gasteiger charge is -2.23. The fourth-order valence-electron chi connectivity index (χ4n) is 2.11. The highest BCUT2D eigenvalue weighted by molar-refractivity contribution is 5.27. The number of hydrogen-bond acceptors (Lipinski definition) is 2. The number of aromatic hydroxyl groups is 1. The van der Waals surface area contributed by atoms with Crippen LogP contribution < -0.4 is 5.32 Å². The van der Waals surface area contributed by atoms with Crippen molar-refractivity contribution >= 4 is 0 Å². The summed E-state index contributed by atoms with van der Waals surface area (Å²) >= 11 is 0. The summed E-state index contributed by atoms with van der Waals surface area (Å²) in [6.07, 6.45) is 3.71. The Morgan fingerprint density at radius 3 is 2.40 bits per heavy atom. The molecule has 0 saturated heterocycles. The quantitative estimate of drug-likeness (QED) is 0.790. The van der Waals surface area contributed by atoms with E-state index >= 15 is 0 Å². The zero-order chi connectivity index (χ0) is 10.9. The minimum Gasteiger partial charge on any atom is -0.508 e. The molecule has 2 N–H and O–H groups in total. The van der Waals surface area contributed by atoms with E-state index in [4.69, 9.17) is 0 Å². The van der Waals surface area contributed by atoms with Crippen LogP contribution >= 0.6 is 0 Å². The first-order chi connectivity index (χ1) is 7.14. The molecule has 2 nitrogen and oxygen atoms in total. The molecule has 1 atom stereocenters. The Kier molecular flexibility index (Phi) is 2.70. The van der Waals surface area contributed by atoms with Crippen molar-refractivity contribution in [2.45, 2.75) is 32.2 Å². The molecule has 82 valence electrons. The average Bonchev–Trinajstić information content (AvgIpc) is 2.96. The van der Waals surface area contributed by atoms with E-state index in [0.29, 0.717) is 17.2 Å². The van der Waals surface area contributed by atoms with E-state index in [1.807, 2.05) is 19.2 Å². The Morgan fingerprint density at radius 1 is 1.33 bits per heavy atom. The zero-order valence-corrected chi connectivity index (χ0v) is 9.46. The molecule has 1 aliphatic rings. The van der Waals surface area contributed by atoms with Gasteiger partial charge in [-0.1, -0.05) is 19.1 Å². The SMILES string of the molecule is CNC(Cc1ccc(O)cc1)C1(C)CC1. The van der Waals surface area contributed by atoms with Crippen LogP contribution in [0.3, 0.4) is 0 Å². The Bertz CT molecular complexity index is 327. The van der Waals surface area contributed by atoms with E-state index in [2.05, 4.69) is 12.2 Å². The normalized spacial score (nSPS) is 19.9. The van der Waals surface area contributed by atoms with Gasteiger partial charge in [0.2, 0.25) is 0 Å². The summed E-state index contributed by atoms with van der Waals surface area (Å²) in [5.74, 6) is 0.345. The van der Waals surface area contributed by atoms with Gasteiger partial charge in [-0.15, -0.1) is 0 Å². The Labute approximate surface area is 91.3 Å². The summed E-state index contributed by atoms with van der Waals surface area (Å²) in [4.78, 5) is 0. The third-order valence-electron chi connectivity index (χ3n) is 3.60. The van der Waals surface area contributed by atoms with Gasteiger partial charge in [-0.25, -0.2) is 0 Å². The summed E-state index contributed by atoms with van der Waals surface area (Å²) in [6.45, 7) is 2.34. The summed E-state index contributed by atoms with van der Waals surface area (Å²) in [6, 6.07) is 8.09. The molecule has 1 aromatic rings. The fourth-order valence-corrected chi connectivity index (χ4v) is 2.11. The van der Waals surface area contributed by atoms with Crippen molar-refractivity contribution < 1.29 is 5.11 Å². The molecule has 0 radical (unpaired) electrons. The Morgan fingerprint density at radius 2 is 1.93 bits per heavy atom. The van der Waals surface area contributed by atoms with Crippen molar-refractivity contribution in [2.75, 3.05) is 7.05 Å². The van der Waals surface area contributed by atoms with Crippen molar-refractivity contribution in [3.63, 3.8) is 0 Å². The predicted octanol–water partition coefficient (Wildman–Crippen LogP) is 2.32. The maximum atomic E-state index is 9.20. The van der Waals surface area contributed by atoms with Gasteiger partial charge in [-0.3, -0.25) is 0 Å². The van der Waals surface area contributed by atoms with Crippen LogP contribution in [0.4, 0.5) is 0 Å². The van der Waals surface area contributed by atoms with E-state index in [0.717, 1.165) is 6.42 Å². The average molecular weight is 205 g/mol. The van der Waals surface area contributed by atoms with Gasteiger partial charge in [0, 0.05) is 6.04 Å². The van der Waals surface area contributed by atoms with Crippen molar-refractivity contribution in [3.05, 3.63) is 29.8 Å². The lowest BCUT2D eigenvalue weighted by atomic mass is 9.92. The maximum absolute atomic E-state index is 9.20. The van der Waals surface area contributed by atoms with Crippen molar-refractivity contribution in [1.82, 2.24) is 5.32 Å². The molecular weight excluding hydrogens is 186 g/mol. The third kappa shape index (κ3) is 2.32. The van der Waals surface area contributed by atoms with Crippen LogP contribution in [0.2, 0.25) is 0 Å². The molecular formula is C13H19NO. The second kappa shape index (κ2) is 3.86. The predicted molar refractivity (Wildman–Crippen MR) is 62.0 cm³/mol. The number of likely N-dealkylation sites (N-methyl/N-ethyl adjacent to an activating group) is 1. The first kappa shape index (κ1) is 10.5. The van der Waals surface area contributed by atoms with Gasteiger partial charge in [-0.05, 0) is 49.4 Å². The topological polar surface area (TPSA) is 32.3 Å². The van der Waals surface area contributed by atoms with Crippen LogP contribution in [0.15, 0.2) is 24.3 Å². The molecule has 0 heterocycles. The van der Waals surface area contributed by atoms with Crippen LogP contribution in [0.5, 0.6) is 5.75 Å². The van der Waals surface area contributed by atoms with Gasteiger partial charge in [0.1, 0.15) is 5.75 Å². The van der Waals surface area contributed by atoms with Crippen LogP contribution in [-0.2, 0) is 6.42 Å². The first-order valence-corrected chi connectivity index (χ1v) is 5.59. The minimum absolute atomic E-state index is 0.345. The van der Waals surface area contributed by atoms with Gasteiger partial charge >= 0.3 is 0 Å². The summed E-state index contributed by atoms with van der Waals surface area (Å²) in [5.41, 5.74) is 1.78. The standard InChI is InChI=1S/C13H19NO/c1-13(7-8-13)12(14-2)9-10-3-5-11(15)6-4-10/h3-6,12,14-15H,7-9H2,1-2H3. The molecule has 1 saturated carbocycles. The van der Waals surface area contributed by atoms with Gasteiger partial charge < -0.3 is 10.4 Å². The molecule has 2 rings (SSSR count). The molecule has 1 aliphatic carbocycles. The van der Waals surface area contributed by atoms with E-state index in [1.54, 1.807) is 12.1 Å². The van der Waals surface area contributed by atoms with Crippen LogP contribution in [-0.4, -0.2) is 18.2 Å². The van der Waals surface area contributed by atoms with E-state index < -0.39 is 0 Å². The van der Waals surface area contributed by atoms with Crippen molar-refractivity contribution in [1.29, 1.82) is 0 Å². The summed E-state index contributed by atoms with van der Waals surface area (Å²) in [5, 5.41) is 12.6. The maximum Gasteiger partial charge on any atom is 0.115 e. The molecule has 0 spiro atoms. The van der Waals surface area contributed by atoms with Crippen LogP contribution in [0.1, 0.15) is 25.3 Å². The molecule has 0 aliphatic heterocycles. The highest BCUT2D eigenvalue weighted by atomic mass is 16.3. The summed E-state index contributed by atoms with van der Waals surface area (Å²) < 4.78 is 0. The zero-order valence-electron chi connectivity index (χ0n) is 9.46. The minimum atomic E-state index is 0.345. The Hall–Kier alpha value is -1.02. The third-order valence-corrected chi connectivity index (χ3v) is 3.60. The van der Waals surface area contributed by atoms with Gasteiger partial charge in [0.05, 0.1) is 0 Å². The van der Waals surface area contributed by atoms with E-state index in [-0.39, 0.29) is 0 Å². The second-order valence-corrected chi connectivity index (χ2v) is 4.87. The molecule has 2 heteroatoms. The molecule has 0 amide bonds. The molecule has 1 fully saturated rings. The fraction of sp³-hybridized carbons (Fsp3) is 0.538. The highest BCUT2D eigenvalue weighted by Crippen LogP contribution is 2.48. The highest BCUT2D eigenvalue weighted by Gasteiger charge is 2.43. The largest absolute Gasteiger partial charge is 0.508 e. The monoisotopic (exact) mass is 205 g/mol. The van der Waals surface area contributed by atoms with Gasteiger partial charge in [0.15, 0.2) is 0 Å². The molecule has 1 unspecified atom stereocenters. The smallest absolute Gasteiger partial charge is 0.115 e. The number of phenols is 1. The lowest BCUT2D eigenvalue weighted by Crippen LogP contribution is -2.35. The van der Waals surface area contributed by atoms with Crippen LogP contribution in [0, 0.1) is 5.41 Å².